The van der Waals surface area contributed by atoms with Gasteiger partial charge in [-0.15, -0.1) is 11.3 Å². The zero-order chi connectivity index (χ0) is 22.8. The van der Waals surface area contributed by atoms with Crippen molar-refractivity contribution in [2.45, 2.75) is 13.3 Å². The number of fused-ring (bicyclic) bond motifs is 1. The summed E-state index contributed by atoms with van der Waals surface area (Å²) in [5, 5.41) is 5.05. The third kappa shape index (κ3) is 3.93. The number of amides is 2. The number of hydrogen-bond donors (Lipinski definition) is 1. The summed E-state index contributed by atoms with van der Waals surface area (Å²) in [4.78, 5) is 29.1. The summed E-state index contributed by atoms with van der Waals surface area (Å²) in [6, 6.07) is 16.1. The molecule has 0 radical (unpaired) electrons. The van der Waals surface area contributed by atoms with Crippen LogP contribution in [0, 0.1) is 0 Å². The molecular weight excluding hydrogens is 440 g/mol. The zero-order valence-electron chi connectivity index (χ0n) is 18.0. The lowest BCUT2D eigenvalue weighted by Gasteiger charge is -2.20. The van der Waals surface area contributed by atoms with Gasteiger partial charge >= 0.3 is 0 Å². The van der Waals surface area contributed by atoms with Crippen LogP contribution in [0.1, 0.15) is 18.2 Å². The van der Waals surface area contributed by atoms with Crippen molar-refractivity contribution >= 4 is 40.1 Å². The molecule has 0 fully saturated rings. The van der Waals surface area contributed by atoms with E-state index in [-0.39, 0.29) is 5.70 Å². The van der Waals surface area contributed by atoms with Crippen molar-refractivity contribution in [3.63, 3.8) is 0 Å². The van der Waals surface area contributed by atoms with E-state index in [2.05, 4.69) is 5.32 Å². The van der Waals surface area contributed by atoms with Crippen LogP contribution >= 0.6 is 11.3 Å². The summed E-state index contributed by atoms with van der Waals surface area (Å²) in [7, 11) is 0. The van der Waals surface area contributed by atoms with E-state index in [1.807, 2.05) is 30.5 Å². The van der Waals surface area contributed by atoms with E-state index in [4.69, 9.17) is 14.2 Å². The van der Waals surface area contributed by atoms with Crippen LogP contribution in [0.4, 0.5) is 11.4 Å². The summed E-state index contributed by atoms with van der Waals surface area (Å²) < 4.78 is 17.1. The lowest BCUT2D eigenvalue weighted by atomic mass is 10.1. The second kappa shape index (κ2) is 8.99. The molecule has 2 amide bonds. The van der Waals surface area contributed by atoms with Gasteiger partial charge in [-0.3, -0.25) is 9.59 Å². The maximum absolute atomic E-state index is 13.6. The molecule has 1 N–H and O–H groups in total. The molecule has 0 saturated heterocycles. The van der Waals surface area contributed by atoms with Gasteiger partial charge < -0.3 is 19.5 Å². The van der Waals surface area contributed by atoms with Gasteiger partial charge in [0, 0.05) is 16.6 Å². The monoisotopic (exact) mass is 462 g/mol. The van der Waals surface area contributed by atoms with Crippen molar-refractivity contribution < 1.29 is 23.8 Å². The molecule has 0 aliphatic carbocycles. The number of para-hydroxylation sites is 2. The fraction of sp³-hybridized carbons (Fsp3) is 0.200. The van der Waals surface area contributed by atoms with Gasteiger partial charge in [0.2, 0.25) is 0 Å². The number of nitrogens with zero attached hydrogens (tertiary/aromatic N) is 1. The summed E-state index contributed by atoms with van der Waals surface area (Å²) in [6.45, 7) is 3.44. The second-order valence-electron chi connectivity index (χ2n) is 7.47. The highest BCUT2D eigenvalue weighted by molar-refractivity contribution is 7.11. The number of ether oxygens (including phenoxy) is 3. The van der Waals surface area contributed by atoms with Crippen LogP contribution in [0.2, 0.25) is 0 Å². The standard InChI is InChI=1S/C25H22N2O5S/c1-2-11-30-18-7-4-3-6-17(18)27-24(28)22(21-8-5-14-33-21)23(25(27)29)26-16-9-10-19-20(15-16)32-13-12-31-19/h3-10,14-15,26H,2,11-13H2,1H3. The maximum atomic E-state index is 13.6. The largest absolute Gasteiger partial charge is 0.491 e. The summed E-state index contributed by atoms with van der Waals surface area (Å²) in [5.41, 5.74) is 1.59. The SMILES string of the molecule is CCCOc1ccccc1N1C(=O)C(Nc2ccc3c(c2)OCCO3)=C(c2cccs2)C1=O. The molecule has 0 unspecified atom stereocenters. The van der Waals surface area contributed by atoms with Crippen LogP contribution < -0.4 is 24.4 Å². The first-order valence-corrected chi connectivity index (χ1v) is 11.6. The molecule has 1 aromatic heterocycles. The molecule has 0 bridgehead atoms. The molecule has 8 heteroatoms. The number of hydrogen-bond acceptors (Lipinski definition) is 7. The van der Waals surface area contributed by atoms with E-state index in [0.29, 0.717) is 58.9 Å². The van der Waals surface area contributed by atoms with Crippen LogP contribution in [0.5, 0.6) is 17.2 Å². The fourth-order valence-electron chi connectivity index (χ4n) is 3.76. The third-order valence-corrected chi connectivity index (χ3v) is 6.12. The highest BCUT2D eigenvalue weighted by atomic mass is 32.1. The van der Waals surface area contributed by atoms with E-state index in [1.165, 1.54) is 16.2 Å². The lowest BCUT2D eigenvalue weighted by Crippen LogP contribution is -2.32. The van der Waals surface area contributed by atoms with E-state index >= 15 is 0 Å². The predicted molar refractivity (Wildman–Crippen MR) is 127 cm³/mol. The van der Waals surface area contributed by atoms with Crippen molar-refractivity contribution in [2.75, 3.05) is 30.0 Å². The van der Waals surface area contributed by atoms with Gasteiger partial charge in [-0.1, -0.05) is 25.1 Å². The molecule has 2 aromatic carbocycles. The molecule has 3 heterocycles. The Morgan fingerprint density at radius 1 is 1.00 bits per heavy atom. The molecule has 3 aromatic rings. The molecule has 0 spiro atoms. The van der Waals surface area contributed by atoms with Crippen molar-refractivity contribution in [1.82, 2.24) is 0 Å². The Hall–Kier alpha value is -3.78. The Labute approximate surface area is 195 Å². The van der Waals surface area contributed by atoms with Crippen LogP contribution in [0.15, 0.2) is 65.7 Å². The van der Waals surface area contributed by atoms with E-state index in [0.717, 1.165) is 6.42 Å². The number of nitrogens with one attached hydrogen (secondary N) is 1. The van der Waals surface area contributed by atoms with Gasteiger partial charge in [0.15, 0.2) is 11.5 Å². The van der Waals surface area contributed by atoms with Crippen molar-refractivity contribution in [2.24, 2.45) is 0 Å². The first-order chi connectivity index (χ1) is 16.2. The minimum atomic E-state index is -0.439. The van der Waals surface area contributed by atoms with Gasteiger partial charge in [0.05, 0.1) is 17.9 Å². The van der Waals surface area contributed by atoms with Crippen molar-refractivity contribution in [3.8, 4) is 17.2 Å². The van der Waals surface area contributed by atoms with E-state index < -0.39 is 11.8 Å². The molecule has 2 aliphatic rings. The molecule has 2 aliphatic heterocycles. The van der Waals surface area contributed by atoms with Gasteiger partial charge in [0.25, 0.3) is 11.8 Å². The number of benzene rings is 2. The molecule has 5 rings (SSSR count). The number of carbonyl (C=O) groups is 2. The first kappa shape index (κ1) is 21.1. The zero-order valence-corrected chi connectivity index (χ0v) is 18.8. The maximum Gasteiger partial charge on any atom is 0.282 e. The average Bonchev–Trinajstić information content (AvgIpc) is 3.44. The van der Waals surface area contributed by atoms with Crippen LogP contribution in [-0.2, 0) is 9.59 Å². The average molecular weight is 463 g/mol. The van der Waals surface area contributed by atoms with Crippen molar-refractivity contribution in [1.29, 1.82) is 0 Å². The topological polar surface area (TPSA) is 77.1 Å². The second-order valence-corrected chi connectivity index (χ2v) is 8.42. The lowest BCUT2D eigenvalue weighted by molar-refractivity contribution is -0.120. The summed E-state index contributed by atoms with van der Waals surface area (Å²) in [6.07, 6.45) is 0.811. The van der Waals surface area contributed by atoms with Gasteiger partial charge in [0.1, 0.15) is 24.7 Å². The number of thiophene rings is 1. The van der Waals surface area contributed by atoms with Gasteiger partial charge in [-0.05, 0) is 42.1 Å². The Morgan fingerprint density at radius 2 is 1.82 bits per heavy atom. The molecular formula is C25H22N2O5S. The number of imide groups is 1. The Balaban J connectivity index is 1.54. The summed E-state index contributed by atoms with van der Waals surface area (Å²) in [5.74, 6) is 0.904. The highest BCUT2D eigenvalue weighted by Gasteiger charge is 2.42. The van der Waals surface area contributed by atoms with E-state index in [9.17, 15) is 9.59 Å². The third-order valence-electron chi connectivity index (χ3n) is 5.23. The molecule has 7 nitrogen and oxygen atoms in total. The quantitative estimate of drug-likeness (QED) is 0.513. The fourth-order valence-corrected chi connectivity index (χ4v) is 4.52. The highest BCUT2D eigenvalue weighted by Crippen LogP contribution is 2.40. The summed E-state index contributed by atoms with van der Waals surface area (Å²) >= 11 is 1.40. The van der Waals surface area contributed by atoms with Gasteiger partial charge in [-0.25, -0.2) is 4.90 Å². The van der Waals surface area contributed by atoms with Crippen LogP contribution in [0.3, 0.4) is 0 Å². The van der Waals surface area contributed by atoms with Gasteiger partial charge in [-0.2, -0.15) is 0 Å². The molecule has 33 heavy (non-hydrogen) atoms. The Kier molecular flexibility index (Phi) is 5.75. The first-order valence-electron chi connectivity index (χ1n) is 10.7. The number of anilines is 2. The minimum Gasteiger partial charge on any atom is -0.491 e. The normalized spacial score (nSPS) is 15.2. The molecule has 168 valence electrons. The molecule has 0 saturated carbocycles. The Bertz CT molecular complexity index is 1240. The van der Waals surface area contributed by atoms with E-state index in [1.54, 1.807) is 36.4 Å². The number of carbonyl (C=O) groups excluding carboxylic acids is 2. The smallest absolute Gasteiger partial charge is 0.282 e. The minimum absolute atomic E-state index is 0.212. The van der Waals surface area contributed by atoms with Crippen LogP contribution in [0.25, 0.3) is 5.57 Å². The number of rotatable bonds is 7. The molecule has 0 atom stereocenters. The van der Waals surface area contributed by atoms with Crippen LogP contribution in [-0.4, -0.2) is 31.6 Å². The Morgan fingerprint density at radius 3 is 2.61 bits per heavy atom. The van der Waals surface area contributed by atoms with Crippen molar-refractivity contribution in [3.05, 3.63) is 70.6 Å². The predicted octanol–water partition coefficient (Wildman–Crippen LogP) is 4.70.